The van der Waals surface area contributed by atoms with Crippen LogP contribution in [-0.2, 0) is 19.1 Å². The molecule has 0 heterocycles. The Hall–Kier alpha value is -0.780. The van der Waals surface area contributed by atoms with Gasteiger partial charge in [-0.2, -0.15) is 17.6 Å². The van der Waals surface area contributed by atoms with Gasteiger partial charge in [-0.05, 0) is 0 Å². The molecule has 0 unspecified atom stereocenters. The van der Waals surface area contributed by atoms with Gasteiger partial charge in [0.25, 0.3) is 0 Å². The summed E-state index contributed by atoms with van der Waals surface area (Å²) in [7, 11) is 0. The van der Waals surface area contributed by atoms with Crippen molar-refractivity contribution in [2.75, 3.05) is 0 Å². The molecule has 0 aromatic heterocycles. The first-order chi connectivity index (χ1) is 8.47. The summed E-state index contributed by atoms with van der Waals surface area (Å²) in [6.45, 7) is 0.158. The molecule has 0 rings (SSSR count). The first-order valence-corrected chi connectivity index (χ1v) is 5.84. The van der Waals surface area contributed by atoms with Gasteiger partial charge in [-0.15, -0.1) is 0 Å². The maximum absolute atomic E-state index is 11.6. The lowest BCUT2D eigenvalue weighted by atomic mass is 10.7. The summed E-state index contributed by atoms with van der Waals surface area (Å²) in [5.41, 5.74) is 0. The molecule has 19 heavy (non-hydrogen) atoms. The van der Waals surface area contributed by atoms with Crippen molar-refractivity contribution in [3.05, 3.63) is 0 Å². The Morgan fingerprint density at radius 3 is 1.53 bits per heavy atom. The second kappa shape index (κ2) is 13.6. The van der Waals surface area contributed by atoms with Crippen molar-refractivity contribution in [2.45, 2.75) is 8.57 Å². The fraction of sp³-hybridized carbons (Fsp3) is 0.250. The predicted octanol–water partition coefficient (Wildman–Crippen LogP) is 3.18. The molecule has 0 aromatic carbocycles. The monoisotopic (exact) mass is 476 g/mol. The Kier molecular flexibility index (Phi) is 16.8. The Morgan fingerprint density at radius 2 is 1.37 bits per heavy atom. The summed E-state index contributed by atoms with van der Waals surface area (Å²) in [6.07, 6.45) is 7.54. The smallest absolute Gasteiger partial charge is 0.366 e. The summed E-state index contributed by atoms with van der Waals surface area (Å²) < 4.78 is 49.4. The van der Waals surface area contributed by atoms with Crippen LogP contribution in [-0.4, -0.2) is 21.5 Å². The van der Waals surface area contributed by atoms with Gasteiger partial charge in [0.15, 0.2) is 0 Å². The van der Waals surface area contributed by atoms with Crippen LogP contribution in [0.5, 0.6) is 0 Å². The van der Waals surface area contributed by atoms with Crippen molar-refractivity contribution in [1.29, 1.82) is 0 Å². The van der Waals surface area contributed by atoms with E-state index in [4.69, 9.17) is 4.79 Å². The van der Waals surface area contributed by atoms with E-state index in [9.17, 15) is 22.4 Å². The van der Waals surface area contributed by atoms with E-state index < -0.39 is 8.57 Å². The highest BCUT2D eigenvalue weighted by Crippen LogP contribution is 2.28. The van der Waals surface area contributed by atoms with Gasteiger partial charge in [0, 0.05) is 53.7 Å². The topological polar surface area (TPSA) is 52.6 Å². The van der Waals surface area contributed by atoms with E-state index in [1.807, 2.05) is 47.8 Å². The molecule has 0 saturated carbocycles. The highest BCUT2D eigenvalue weighted by molar-refractivity contribution is 9.25. The Labute approximate surface area is 130 Å². The average Bonchev–Trinajstić information content (AvgIpc) is 2.15. The minimum absolute atomic E-state index is 0.0360. The fourth-order valence-corrected chi connectivity index (χ4v) is 0.220. The molecule has 0 atom stereocenters. The molecule has 4 nitrogen and oxygen atoms in total. The molecule has 0 aromatic rings. The summed E-state index contributed by atoms with van der Waals surface area (Å²) >= 11 is 5.82. The highest BCUT2D eigenvalue weighted by atomic mass is 79.9. The van der Waals surface area contributed by atoms with Crippen molar-refractivity contribution in [3.8, 4) is 24.6 Å². The van der Waals surface area contributed by atoms with Gasteiger partial charge >= 0.3 is 21.5 Å². The van der Waals surface area contributed by atoms with Crippen LogP contribution in [0.25, 0.3) is 0 Å². The van der Waals surface area contributed by atoms with Crippen molar-refractivity contribution in [3.63, 3.8) is 0 Å². The van der Waals surface area contributed by atoms with Crippen LogP contribution < -0.4 is 0 Å². The number of ether oxygens (including phenoxy) is 2. The Balaban J connectivity index is -0.000000219. The second-order valence-corrected chi connectivity index (χ2v) is 5.75. The first-order valence-electron chi connectivity index (χ1n) is 3.46. The molecular formula is C8H3Br3F4O4. The maximum Gasteiger partial charge on any atom is 0.366 e. The lowest BCUT2D eigenvalue weighted by Gasteiger charge is -1.92. The molecule has 0 radical (unpaired) electrons. The van der Waals surface area contributed by atoms with Gasteiger partial charge in [0.1, 0.15) is 12.2 Å². The average molecular weight is 479 g/mol. The van der Waals surface area contributed by atoms with Gasteiger partial charge < -0.3 is 9.47 Å². The third-order valence-corrected chi connectivity index (χ3v) is 0.614. The van der Waals surface area contributed by atoms with Crippen LogP contribution in [0.3, 0.4) is 0 Å². The number of halogens is 7. The third kappa shape index (κ3) is 76.5. The molecule has 108 valence electrons. The zero-order valence-corrected chi connectivity index (χ0v) is 13.3. The quantitative estimate of drug-likeness (QED) is 0.265. The number of alkyl halides is 7. The summed E-state index contributed by atoms with van der Waals surface area (Å²) in [5, 5.41) is 0. The summed E-state index contributed by atoms with van der Waals surface area (Å²) in [4.78, 5) is 15.1. The normalized spacial score (nSPS) is 8.74. The van der Waals surface area contributed by atoms with Crippen molar-refractivity contribution >= 4 is 60.7 Å². The van der Waals surface area contributed by atoms with Gasteiger partial charge in [-0.1, -0.05) is 6.42 Å². The zero-order chi connectivity index (χ0) is 15.9. The summed E-state index contributed by atoms with van der Waals surface area (Å²) in [6, 6.07) is 0. The molecule has 0 saturated heterocycles. The first kappa shape index (κ1) is 23.3. The second-order valence-electron chi connectivity index (χ2n) is 1.70. The highest BCUT2D eigenvalue weighted by Gasteiger charge is 2.19. The van der Waals surface area contributed by atoms with Crippen LogP contribution in [0.15, 0.2) is 0 Å². The van der Waals surface area contributed by atoms with Crippen LogP contribution in [0.1, 0.15) is 0 Å². The van der Waals surface area contributed by atoms with Gasteiger partial charge in [0.2, 0.25) is 0 Å². The maximum atomic E-state index is 11.6. The van der Waals surface area contributed by atoms with Gasteiger partial charge in [0.05, 0.1) is 0 Å². The largest absolute Gasteiger partial charge is 0.375 e. The van der Waals surface area contributed by atoms with E-state index in [0.29, 0.717) is 0 Å². The Bertz CT molecular complexity index is 342. The predicted molar refractivity (Wildman–Crippen MR) is 67.6 cm³/mol. The number of carbonyl (C=O) groups excluding carboxylic acids is 2. The van der Waals surface area contributed by atoms with Crippen molar-refractivity contribution < 1.29 is 36.6 Å². The minimum atomic E-state index is -3.28. The van der Waals surface area contributed by atoms with Crippen LogP contribution >= 0.6 is 47.8 Å². The lowest BCUT2D eigenvalue weighted by molar-refractivity contribution is -0.123. The van der Waals surface area contributed by atoms with Crippen LogP contribution in [0, 0.1) is 24.6 Å². The molecule has 0 fully saturated rings. The van der Waals surface area contributed by atoms with Gasteiger partial charge in [-0.25, -0.2) is 0 Å². The van der Waals surface area contributed by atoms with E-state index in [-0.39, 0.29) is 12.9 Å². The third-order valence-electron chi connectivity index (χ3n) is 0.416. The minimum Gasteiger partial charge on any atom is -0.375 e. The molecule has 11 heteroatoms. The Morgan fingerprint density at radius 1 is 1.00 bits per heavy atom. The zero-order valence-electron chi connectivity index (χ0n) is 8.51. The van der Waals surface area contributed by atoms with E-state index in [0.717, 1.165) is 0 Å². The number of hydrogen-bond donors (Lipinski definition) is 0. The molecule has 0 aliphatic rings. The molecular weight excluding hydrogens is 476 g/mol. The van der Waals surface area contributed by atoms with Crippen LogP contribution in [0.4, 0.5) is 17.6 Å². The standard InChI is InChI=1S/C4HBrF2O2.C3H2O2.CBr2F2/c5-4(6,7)1-2-9-3-8;1-2-5-3-4;2-1(3,4)5/h3H;1,3H;. The number of rotatable bonds is 2. The molecule has 0 aliphatic heterocycles. The number of terminal acetylenes is 1. The van der Waals surface area contributed by atoms with Crippen molar-refractivity contribution in [1.82, 2.24) is 0 Å². The van der Waals surface area contributed by atoms with Crippen LogP contribution in [0.2, 0.25) is 0 Å². The van der Waals surface area contributed by atoms with Crippen molar-refractivity contribution in [2.24, 2.45) is 0 Å². The van der Waals surface area contributed by atoms with E-state index >= 15 is 0 Å². The summed E-state index contributed by atoms with van der Waals surface area (Å²) in [5.74, 6) is 1.30. The number of carbonyl (C=O) groups is 2. The molecule has 0 N–H and O–H groups in total. The molecule has 0 spiro atoms. The lowest BCUT2D eigenvalue weighted by Crippen LogP contribution is -1.98. The van der Waals surface area contributed by atoms with E-state index in [1.54, 1.807) is 6.11 Å². The SMILES string of the molecule is C#COC=O.FC(F)(Br)Br.O=COC#CC(F)(F)Br. The molecule has 0 bridgehead atoms. The van der Waals surface area contributed by atoms with E-state index in [2.05, 4.69) is 15.9 Å². The molecule has 0 amide bonds. The van der Waals surface area contributed by atoms with Gasteiger partial charge in [-0.3, -0.25) is 9.59 Å². The molecule has 0 aliphatic carbocycles. The van der Waals surface area contributed by atoms with E-state index in [1.165, 1.54) is 12.0 Å². The fourth-order valence-electron chi connectivity index (χ4n) is 0.139. The number of hydrogen-bond acceptors (Lipinski definition) is 4.